The molecule has 0 aromatic carbocycles. The van der Waals surface area contributed by atoms with Crippen LogP contribution in [-0.2, 0) is 0 Å². The first-order chi connectivity index (χ1) is 12.1. The zero-order valence-electron chi connectivity index (χ0n) is 16.4. The van der Waals surface area contributed by atoms with Crippen molar-refractivity contribution in [1.82, 2.24) is 14.8 Å². The third-order valence-corrected chi connectivity index (χ3v) is 7.10. The Morgan fingerprint density at radius 2 is 1.81 bits per heavy atom. The summed E-state index contributed by atoms with van der Waals surface area (Å²) >= 11 is 0. The van der Waals surface area contributed by atoms with E-state index < -0.39 is 0 Å². The van der Waals surface area contributed by atoms with Crippen molar-refractivity contribution in [3.63, 3.8) is 0 Å². The van der Waals surface area contributed by atoms with Crippen molar-refractivity contribution in [2.75, 3.05) is 26.2 Å². The first kappa shape index (κ1) is 19.8. The van der Waals surface area contributed by atoms with Gasteiger partial charge in [-0.15, -0.1) is 12.4 Å². The highest BCUT2D eigenvalue weighted by Crippen LogP contribution is 2.38. The number of nitrogens with one attached hydrogen (secondary N) is 1. The Balaban J connectivity index is 0.00000196. The Bertz CT molecular complexity index is 632. The lowest BCUT2D eigenvalue weighted by Gasteiger charge is -2.39. The van der Waals surface area contributed by atoms with Crippen molar-refractivity contribution in [1.29, 1.82) is 0 Å². The average Bonchev–Trinajstić information content (AvgIpc) is 3.20. The number of nitrogens with zero attached hydrogens (tertiary/aromatic N) is 2. The van der Waals surface area contributed by atoms with Crippen molar-refractivity contribution in [3.05, 3.63) is 23.0 Å². The first-order valence-electron chi connectivity index (χ1n) is 10.3. The third kappa shape index (κ3) is 3.55. The summed E-state index contributed by atoms with van der Waals surface area (Å²) in [6.45, 7) is 8.47. The van der Waals surface area contributed by atoms with Gasteiger partial charge in [-0.2, -0.15) is 0 Å². The van der Waals surface area contributed by atoms with Crippen LogP contribution in [0.3, 0.4) is 0 Å². The number of aromatic nitrogens is 1. The summed E-state index contributed by atoms with van der Waals surface area (Å²) < 4.78 is 2.46. The summed E-state index contributed by atoms with van der Waals surface area (Å²) in [7, 11) is 0. The van der Waals surface area contributed by atoms with Crippen LogP contribution in [0.25, 0.3) is 0 Å². The second kappa shape index (κ2) is 7.93. The molecule has 4 rings (SSSR count). The van der Waals surface area contributed by atoms with Gasteiger partial charge in [0.25, 0.3) is 5.91 Å². The smallest absolute Gasteiger partial charge is 0.255 e. The van der Waals surface area contributed by atoms with Crippen LogP contribution in [0.1, 0.15) is 79.2 Å². The summed E-state index contributed by atoms with van der Waals surface area (Å²) in [4.78, 5) is 15.3. The Hall–Kier alpha value is -1.000. The molecule has 0 bridgehead atoms. The van der Waals surface area contributed by atoms with Gasteiger partial charge in [0.15, 0.2) is 0 Å². The Morgan fingerprint density at radius 3 is 2.42 bits per heavy atom. The number of rotatable bonds is 2. The van der Waals surface area contributed by atoms with Crippen LogP contribution in [0.15, 0.2) is 6.07 Å². The van der Waals surface area contributed by atoms with Gasteiger partial charge in [-0.1, -0.05) is 19.3 Å². The van der Waals surface area contributed by atoms with E-state index in [1.807, 2.05) is 0 Å². The van der Waals surface area contributed by atoms with Crippen molar-refractivity contribution in [2.45, 2.75) is 71.3 Å². The molecule has 1 spiro atoms. The highest BCUT2D eigenvalue weighted by Gasteiger charge is 2.38. The summed E-state index contributed by atoms with van der Waals surface area (Å²) in [5.41, 5.74) is 3.87. The minimum atomic E-state index is 0. The van der Waals surface area contributed by atoms with Crippen LogP contribution >= 0.6 is 12.4 Å². The fraction of sp³-hybridized carbons (Fsp3) is 0.762. The van der Waals surface area contributed by atoms with Gasteiger partial charge >= 0.3 is 0 Å². The van der Waals surface area contributed by atoms with E-state index in [1.165, 1.54) is 49.9 Å². The molecule has 2 saturated heterocycles. The van der Waals surface area contributed by atoms with Crippen LogP contribution in [-0.4, -0.2) is 41.6 Å². The van der Waals surface area contributed by atoms with E-state index in [2.05, 4.69) is 34.7 Å². The van der Waals surface area contributed by atoms with Gasteiger partial charge in [0.05, 0.1) is 5.56 Å². The zero-order valence-corrected chi connectivity index (χ0v) is 17.2. The second-order valence-electron chi connectivity index (χ2n) is 8.67. The number of piperidine rings is 1. The van der Waals surface area contributed by atoms with Gasteiger partial charge in [-0.3, -0.25) is 4.79 Å². The molecule has 4 nitrogen and oxygen atoms in total. The molecule has 146 valence electrons. The van der Waals surface area contributed by atoms with Gasteiger partial charge in [0, 0.05) is 37.1 Å². The van der Waals surface area contributed by atoms with Crippen molar-refractivity contribution in [3.8, 4) is 0 Å². The molecule has 3 heterocycles. The number of aryl methyl sites for hydroxylation is 1. The highest BCUT2D eigenvalue weighted by atomic mass is 35.5. The van der Waals surface area contributed by atoms with Gasteiger partial charge in [-0.05, 0) is 64.0 Å². The predicted molar refractivity (Wildman–Crippen MR) is 108 cm³/mol. The van der Waals surface area contributed by atoms with Gasteiger partial charge in [-0.25, -0.2) is 0 Å². The Labute approximate surface area is 164 Å². The fourth-order valence-electron chi connectivity index (χ4n) is 5.47. The minimum Gasteiger partial charge on any atom is -0.345 e. The summed E-state index contributed by atoms with van der Waals surface area (Å²) in [6, 6.07) is 2.75. The van der Waals surface area contributed by atoms with E-state index in [4.69, 9.17) is 0 Å². The summed E-state index contributed by atoms with van der Waals surface area (Å²) in [5, 5.41) is 3.51. The average molecular weight is 380 g/mol. The molecule has 0 atom stereocenters. The lowest BCUT2D eigenvalue weighted by molar-refractivity contribution is 0.0606. The number of hydrogen-bond donors (Lipinski definition) is 1. The molecule has 1 aromatic heterocycles. The molecule has 2 aliphatic heterocycles. The molecule has 1 aliphatic carbocycles. The first-order valence-corrected chi connectivity index (χ1v) is 10.3. The quantitative estimate of drug-likeness (QED) is 0.834. The van der Waals surface area contributed by atoms with Crippen LogP contribution in [0.4, 0.5) is 0 Å². The fourth-order valence-corrected chi connectivity index (χ4v) is 5.47. The van der Waals surface area contributed by atoms with E-state index >= 15 is 0 Å². The zero-order chi connectivity index (χ0) is 17.4. The maximum absolute atomic E-state index is 13.2. The third-order valence-electron chi connectivity index (χ3n) is 7.10. The van der Waals surface area contributed by atoms with Crippen LogP contribution in [0.5, 0.6) is 0 Å². The van der Waals surface area contributed by atoms with Gasteiger partial charge in [0.1, 0.15) is 0 Å². The summed E-state index contributed by atoms with van der Waals surface area (Å²) in [5.74, 6) is 0.260. The standard InChI is InChI=1S/C21H33N3O.ClH/c1-16-14-19(17(2)24(16)18-6-4-3-5-7-18)20(25)23-12-9-21(10-13-23)8-11-22-15-21;/h14,18,22H,3-13,15H2,1-2H3;1H. The van der Waals surface area contributed by atoms with Crippen LogP contribution in [0.2, 0.25) is 0 Å². The molecular formula is C21H34ClN3O. The molecule has 1 amide bonds. The van der Waals surface area contributed by atoms with Crippen LogP contribution in [0, 0.1) is 19.3 Å². The van der Waals surface area contributed by atoms with Crippen molar-refractivity contribution >= 4 is 18.3 Å². The molecule has 1 aromatic rings. The normalized spacial score (nSPS) is 23.2. The number of carbonyl (C=O) groups is 1. The molecule has 26 heavy (non-hydrogen) atoms. The molecule has 5 heteroatoms. The second-order valence-corrected chi connectivity index (χ2v) is 8.67. The molecule has 3 aliphatic rings. The van der Waals surface area contributed by atoms with Crippen molar-refractivity contribution < 1.29 is 4.79 Å². The maximum atomic E-state index is 13.2. The molecule has 1 saturated carbocycles. The molecular weight excluding hydrogens is 346 g/mol. The van der Waals surface area contributed by atoms with Gasteiger partial charge in [0.2, 0.25) is 0 Å². The number of likely N-dealkylation sites (tertiary alicyclic amines) is 1. The van der Waals surface area contributed by atoms with Gasteiger partial charge < -0.3 is 14.8 Å². The molecule has 3 fully saturated rings. The Kier molecular flexibility index (Phi) is 6.03. The molecule has 0 unspecified atom stereocenters. The van der Waals surface area contributed by atoms with E-state index in [0.29, 0.717) is 11.5 Å². The number of hydrogen-bond acceptors (Lipinski definition) is 2. The SMILES string of the molecule is Cc1cc(C(=O)N2CCC3(CCNC3)CC2)c(C)n1C1CCCCC1.Cl. The van der Waals surface area contributed by atoms with E-state index in [0.717, 1.165) is 44.6 Å². The minimum absolute atomic E-state index is 0. The predicted octanol–water partition coefficient (Wildman–Crippen LogP) is 4.25. The van der Waals surface area contributed by atoms with Crippen molar-refractivity contribution in [2.24, 2.45) is 5.41 Å². The molecule has 1 N–H and O–H groups in total. The highest BCUT2D eigenvalue weighted by molar-refractivity contribution is 5.95. The van der Waals surface area contributed by atoms with E-state index in [1.54, 1.807) is 0 Å². The lowest BCUT2D eigenvalue weighted by atomic mass is 9.78. The largest absolute Gasteiger partial charge is 0.345 e. The topological polar surface area (TPSA) is 37.3 Å². The van der Waals surface area contributed by atoms with E-state index in [9.17, 15) is 4.79 Å². The lowest BCUT2D eigenvalue weighted by Crippen LogP contribution is -2.44. The number of carbonyl (C=O) groups excluding carboxylic acids is 1. The van der Waals surface area contributed by atoms with Crippen LogP contribution < -0.4 is 5.32 Å². The number of halogens is 1. The van der Waals surface area contributed by atoms with E-state index in [-0.39, 0.29) is 18.3 Å². The molecule has 0 radical (unpaired) electrons. The number of amides is 1. The summed E-state index contributed by atoms with van der Waals surface area (Å²) in [6.07, 6.45) is 10.2. The Morgan fingerprint density at radius 1 is 1.12 bits per heavy atom. The maximum Gasteiger partial charge on any atom is 0.255 e. The monoisotopic (exact) mass is 379 g/mol.